The zero-order chi connectivity index (χ0) is 31.0. The first-order valence-corrected chi connectivity index (χ1v) is 18.6. The highest BCUT2D eigenvalue weighted by Crippen LogP contribution is 2.46. The van der Waals surface area contributed by atoms with Crippen molar-refractivity contribution in [3.05, 3.63) is 106 Å². The zero-order valence-electron chi connectivity index (χ0n) is 25.6. The molecule has 5 atom stereocenters. The smallest absolute Gasteiger partial charge is 0.279 e. The van der Waals surface area contributed by atoms with Gasteiger partial charge in [0, 0.05) is 17.5 Å². The summed E-state index contributed by atoms with van der Waals surface area (Å²) in [6, 6.07) is 23.1. The van der Waals surface area contributed by atoms with Gasteiger partial charge in [0.05, 0.1) is 48.5 Å². The monoisotopic (exact) mass is 611 g/mol. The van der Waals surface area contributed by atoms with Gasteiger partial charge in [-0.25, -0.2) is 0 Å². The van der Waals surface area contributed by atoms with Gasteiger partial charge in [-0.15, -0.1) is 0 Å². The molecule has 44 heavy (non-hydrogen) atoms. The van der Waals surface area contributed by atoms with Crippen molar-refractivity contribution >= 4 is 25.0 Å². The number of aryl methyl sites for hydroxylation is 1. The topological polar surface area (TPSA) is 105 Å². The Morgan fingerprint density at radius 3 is 2.55 bits per heavy atom. The predicted octanol–water partition coefficient (Wildman–Crippen LogP) is 4.63. The highest BCUT2D eigenvalue weighted by Gasteiger charge is 2.50. The third-order valence-corrected chi connectivity index (χ3v) is 12.1. The Kier molecular flexibility index (Phi) is 8.56. The largest absolute Gasteiger partial charge is 0.432 e. The highest BCUT2D eigenvalue weighted by molar-refractivity contribution is 6.71. The second kappa shape index (κ2) is 12.4. The number of aliphatic hydroxyl groups excluding tert-OH is 1. The molecule has 0 spiro atoms. The molecular weight excluding hydrogens is 570 g/mol. The Bertz CT molecular complexity index is 1720. The van der Waals surface area contributed by atoms with E-state index in [1.54, 1.807) is 11.1 Å². The van der Waals surface area contributed by atoms with Gasteiger partial charge in [0.15, 0.2) is 8.32 Å². The van der Waals surface area contributed by atoms with Gasteiger partial charge in [-0.1, -0.05) is 61.5 Å². The van der Waals surface area contributed by atoms with Crippen LogP contribution in [0, 0.1) is 5.92 Å². The molecule has 3 aromatic carbocycles. The van der Waals surface area contributed by atoms with Crippen molar-refractivity contribution in [2.24, 2.45) is 5.92 Å². The number of carbonyl (C=O) groups excluding carboxylic acids is 1. The third kappa shape index (κ3) is 6.02. The predicted molar refractivity (Wildman–Crippen MR) is 173 cm³/mol. The summed E-state index contributed by atoms with van der Waals surface area (Å²) in [6.07, 6.45) is 3.49. The van der Waals surface area contributed by atoms with Crippen molar-refractivity contribution < 1.29 is 19.4 Å². The molecular formula is C35H41N3O5Si. The molecule has 3 heterocycles. The average Bonchev–Trinajstić information content (AvgIpc) is 3.34. The summed E-state index contributed by atoms with van der Waals surface area (Å²) in [7, 11) is -2.67. The van der Waals surface area contributed by atoms with Gasteiger partial charge in [-0.2, -0.15) is 9.78 Å². The second-order valence-corrected chi connectivity index (χ2v) is 16.9. The van der Waals surface area contributed by atoms with Gasteiger partial charge in [-0.3, -0.25) is 9.59 Å². The Labute approximate surface area is 259 Å². The number of hydrogen-bond donors (Lipinski definition) is 2. The molecule has 230 valence electrons. The SMILES string of the molecule is C[C@H]1[C@H]([Si](C)(C)O)[C@@H](CC(=O)N2Cc3ccccc3C[C@H]2CO)O[C@H]1CCc1cccc(-n2ncc3ccccc3c2=O)c1. The second-order valence-electron chi connectivity index (χ2n) is 12.9. The lowest BCUT2D eigenvalue weighted by Gasteiger charge is -2.37. The molecule has 0 radical (unpaired) electrons. The molecule has 1 saturated heterocycles. The van der Waals surface area contributed by atoms with Crippen molar-refractivity contribution in [1.82, 2.24) is 14.7 Å². The van der Waals surface area contributed by atoms with Crippen molar-refractivity contribution in [3.63, 3.8) is 0 Å². The first-order valence-electron chi connectivity index (χ1n) is 15.6. The number of aromatic nitrogens is 2. The molecule has 2 aliphatic heterocycles. The third-order valence-electron chi connectivity index (χ3n) is 9.55. The fourth-order valence-corrected chi connectivity index (χ4v) is 9.97. The summed E-state index contributed by atoms with van der Waals surface area (Å²) in [6.45, 7) is 6.38. The fourth-order valence-electron chi connectivity index (χ4n) is 7.37. The van der Waals surface area contributed by atoms with Crippen molar-refractivity contribution in [2.45, 2.75) is 76.0 Å². The van der Waals surface area contributed by atoms with Crippen LogP contribution in [0.2, 0.25) is 18.6 Å². The van der Waals surface area contributed by atoms with E-state index < -0.39 is 8.32 Å². The van der Waals surface area contributed by atoms with Crippen LogP contribution >= 0.6 is 0 Å². The van der Waals surface area contributed by atoms with E-state index in [1.807, 2.05) is 79.8 Å². The highest BCUT2D eigenvalue weighted by atomic mass is 28.4. The molecule has 8 nitrogen and oxygen atoms in total. The molecule has 1 fully saturated rings. The zero-order valence-corrected chi connectivity index (χ0v) is 26.6. The molecule has 9 heteroatoms. The number of fused-ring (bicyclic) bond motifs is 2. The maximum absolute atomic E-state index is 13.7. The summed E-state index contributed by atoms with van der Waals surface area (Å²) < 4.78 is 8.05. The lowest BCUT2D eigenvalue weighted by atomic mass is 9.93. The summed E-state index contributed by atoms with van der Waals surface area (Å²) in [4.78, 5) is 40.0. The normalized spacial score (nSPS) is 23.6. The molecule has 0 unspecified atom stereocenters. The molecule has 2 N–H and O–H groups in total. The van der Waals surface area contributed by atoms with Crippen LogP contribution in [-0.2, 0) is 28.9 Å². The summed E-state index contributed by atoms with van der Waals surface area (Å²) in [5, 5.41) is 16.0. The number of nitrogens with zero attached hydrogens (tertiary/aromatic N) is 3. The van der Waals surface area contributed by atoms with Gasteiger partial charge in [-0.05, 0) is 73.2 Å². The standard InChI is InChI=1S/C35H41N3O5Si/c1-23-31(16-15-24-9-8-13-28(17-24)38-35(41)30-14-7-6-11-26(30)20-36-38)43-32(34(23)44(2,3)42)19-33(40)37-21-27-12-5-4-10-25(27)18-29(37)22-39/h4-14,17,20,23,29,31-32,34,39,42H,15-16,18-19,21-22H2,1-3H3/t23-,29+,31+,32-,34+/m1/s1. The average molecular weight is 612 g/mol. The van der Waals surface area contributed by atoms with Gasteiger partial charge in [0.25, 0.3) is 5.56 Å². The van der Waals surface area contributed by atoms with E-state index in [9.17, 15) is 19.5 Å². The number of hydrogen-bond acceptors (Lipinski definition) is 6. The van der Waals surface area contributed by atoms with E-state index in [0.29, 0.717) is 24.0 Å². The van der Waals surface area contributed by atoms with Crippen LogP contribution in [-0.4, -0.2) is 63.7 Å². The molecule has 0 saturated carbocycles. The van der Waals surface area contributed by atoms with E-state index in [-0.39, 0.29) is 54.2 Å². The van der Waals surface area contributed by atoms with Gasteiger partial charge < -0.3 is 19.5 Å². The molecule has 0 aliphatic carbocycles. The van der Waals surface area contributed by atoms with Crippen LogP contribution in [0.25, 0.3) is 16.5 Å². The van der Waals surface area contributed by atoms with Crippen molar-refractivity contribution in [1.29, 1.82) is 0 Å². The van der Waals surface area contributed by atoms with Crippen LogP contribution < -0.4 is 5.56 Å². The van der Waals surface area contributed by atoms with Crippen LogP contribution in [0.3, 0.4) is 0 Å². The van der Waals surface area contributed by atoms with Crippen molar-refractivity contribution in [3.8, 4) is 5.69 Å². The lowest BCUT2D eigenvalue weighted by Crippen LogP contribution is -2.48. The minimum Gasteiger partial charge on any atom is -0.432 e. The van der Waals surface area contributed by atoms with E-state index >= 15 is 0 Å². The van der Waals surface area contributed by atoms with Gasteiger partial charge >= 0.3 is 0 Å². The number of aliphatic hydroxyl groups is 1. The van der Waals surface area contributed by atoms with E-state index in [1.165, 1.54) is 10.2 Å². The molecule has 1 amide bonds. The van der Waals surface area contributed by atoms with Crippen LogP contribution in [0.4, 0.5) is 0 Å². The first-order chi connectivity index (χ1) is 21.1. The van der Waals surface area contributed by atoms with E-state index in [2.05, 4.69) is 18.1 Å². The first kappa shape index (κ1) is 30.4. The summed E-state index contributed by atoms with van der Waals surface area (Å²) >= 11 is 0. The minimum absolute atomic E-state index is 0.0410. The maximum atomic E-state index is 13.7. The number of carbonyl (C=O) groups is 1. The van der Waals surface area contributed by atoms with Gasteiger partial charge in [0.1, 0.15) is 0 Å². The number of rotatable bonds is 8. The van der Waals surface area contributed by atoms with Crippen molar-refractivity contribution in [2.75, 3.05) is 6.61 Å². The van der Waals surface area contributed by atoms with E-state index in [4.69, 9.17) is 4.74 Å². The number of benzene rings is 3. The summed E-state index contributed by atoms with van der Waals surface area (Å²) in [5.41, 5.74) is 3.82. The maximum Gasteiger partial charge on any atom is 0.279 e. The minimum atomic E-state index is -2.67. The molecule has 2 aliphatic rings. The van der Waals surface area contributed by atoms with Crippen LogP contribution in [0.5, 0.6) is 0 Å². The molecule has 1 aromatic heterocycles. The quantitative estimate of drug-likeness (QED) is 0.282. The van der Waals surface area contributed by atoms with Crippen LogP contribution in [0.15, 0.2) is 83.8 Å². The van der Waals surface area contributed by atoms with Crippen LogP contribution in [0.1, 0.15) is 36.5 Å². The Hall–Kier alpha value is -3.63. The summed E-state index contributed by atoms with van der Waals surface area (Å²) in [5.74, 6) is 0.0452. The Morgan fingerprint density at radius 1 is 1.02 bits per heavy atom. The molecule has 0 bridgehead atoms. The Morgan fingerprint density at radius 2 is 1.77 bits per heavy atom. The number of ether oxygens (including phenoxy) is 1. The molecule has 6 rings (SSSR count). The number of amides is 1. The van der Waals surface area contributed by atoms with E-state index in [0.717, 1.165) is 29.4 Å². The van der Waals surface area contributed by atoms with Gasteiger partial charge in [0.2, 0.25) is 5.91 Å². The lowest BCUT2D eigenvalue weighted by molar-refractivity contribution is -0.138. The Balaban J connectivity index is 1.16. The molecule has 4 aromatic rings. The fraction of sp³-hybridized carbons (Fsp3) is 0.400.